The predicted molar refractivity (Wildman–Crippen MR) is 497 cm³/mol. The number of aliphatic hydroxyl groups is 5. The van der Waals surface area contributed by atoms with E-state index in [9.17, 15) is 68.7 Å². The van der Waals surface area contributed by atoms with Crippen LogP contribution in [-0.2, 0) is 71.0 Å². The highest BCUT2D eigenvalue weighted by molar-refractivity contribution is 7.46. The second kappa shape index (κ2) is 80.0. The zero-order valence-electron chi connectivity index (χ0n) is 79.9. The van der Waals surface area contributed by atoms with Crippen molar-refractivity contribution in [3.05, 3.63) is 12.2 Å². The lowest BCUT2D eigenvalue weighted by molar-refractivity contribution is -0.298. The van der Waals surface area contributed by atoms with Crippen LogP contribution in [0.2, 0.25) is 0 Å². The first-order chi connectivity index (χ1) is 60.6. The minimum absolute atomic E-state index is 0.131. The lowest BCUT2D eigenvalue weighted by Crippen LogP contribution is -2.67. The van der Waals surface area contributed by atoms with Gasteiger partial charge in [-0.1, -0.05) is 388 Å². The van der Waals surface area contributed by atoms with Crippen molar-refractivity contribution >= 4 is 43.5 Å². The van der Waals surface area contributed by atoms with Gasteiger partial charge in [-0.3, -0.25) is 33.3 Å². The van der Waals surface area contributed by atoms with Gasteiger partial charge in [0.15, 0.2) is 24.8 Å². The van der Waals surface area contributed by atoms with Crippen molar-refractivity contribution in [2.24, 2.45) is 0 Å². The van der Waals surface area contributed by atoms with Crippen molar-refractivity contribution in [1.29, 1.82) is 0 Å². The van der Waals surface area contributed by atoms with Crippen LogP contribution < -0.4 is 10.6 Å². The minimum atomic E-state index is -5.65. The van der Waals surface area contributed by atoms with Crippen LogP contribution in [0.4, 0.5) is 0 Å². The number of aliphatic hydroxyl groups excluding tert-OH is 5. The molecule has 0 aliphatic carbocycles. The Morgan fingerprint density at radius 2 is 0.624 bits per heavy atom. The van der Waals surface area contributed by atoms with Crippen LogP contribution in [0.15, 0.2) is 12.2 Å². The molecular weight excluding hydrogens is 1610 g/mol. The fourth-order valence-corrected chi connectivity index (χ4v) is 17.5. The SMILES string of the molecule is CCCCCC/C=C\CCCCCCCC(=O)O[C@H](CCCCCCCCCCC)CC(=O)NC1[C@H](OCC2O[C@@H](OP(=O)(O)O)C(NC(=O)C[C@@H](CCCCCCCCCCC)OC(=O)CCCCCCCCCCCCCCC)[C@@H](OC(=O)C[C@H](O)CCCCCCCCCCC)[C@@H]2O)OC(CO)[C@@H](O)[C@@H]1OC(=O)C[C@H](O)CCCCCCCCCCC. The first-order valence-corrected chi connectivity index (χ1v) is 53.2. The van der Waals surface area contributed by atoms with Crippen LogP contribution in [0.3, 0.4) is 0 Å². The monoisotopic (exact) mass is 1800 g/mol. The number of amides is 2. The molecule has 0 aromatic rings. The number of phosphoric ester groups is 1. The van der Waals surface area contributed by atoms with Crippen LogP contribution in [0.1, 0.15) is 491 Å². The van der Waals surface area contributed by atoms with E-state index in [4.69, 9.17) is 37.7 Å². The molecule has 2 rings (SSSR count). The third kappa shape index (κ3) is 64.0. The van der Waals surface area contributed by atoms with Gasteiger partial charge in [0.1, 0.15) is 48.7 Å². The predicted octanol–water partition coefficient (Wildman–Crippen LogP) is 22.6. The molecule has 0 spiro atoms. The third-order valence-corrected chi connectivity index (χ3v) is 25.3. The van der Waals surface area contributed by atoms with Crippen molar-refractivity contribution in [3.8, 4) is 0 Å². The Labute approximate surface area is 758 Å². The van der Waals surface area contributed by atoms with E-state index in [1.165, 1.54) is 128 Å². The highest BCUT2D eigenvalue weighted by Gasteiger charge is 2.53. The molecule has 0 aromatic heterocycles. The molecule has 9 N–H and O–H groups in total. The molecule has 0 aromatic carbocycles. The van der Waals surface area contributed by atoms with Crippen LogP contribution >= 0.6 is 7.82 Å². The highest BCUT2D eigenvalue weighted by Crippen LogP contribution is 2.42. The summed E-state index contributed by atoms with van der Waals surface area (Å²) in [5.41, 5.74) is 0. The van der Waals surface area contributed by atoms with Gasteiger partial charge in [0.2, 0.25) is 11.8 Å². The molecule has 0 bridgehead atoms. The van der Waals surface area contributed by atoms with Gasteiger partial charge in [0.25, 0.3) is 0 Å². The Balaban J connectivity index is 2.68. The molecule has 0 radical (unpaired) electrons. The summed E-state index contributed by atoms with van der Waals surface area (Å²) < 4.78 is 61.7. The third-order valence-electron chi connectivity index (χ3n) is 24.8. The molecule has 2 fully saturated rings. The average Bonchev–Trinajstić information content (AvgIpc) is 0.782. The van der Waals surface area contributed by atoms with Crippen LogP contribution in [0.25, 0.3) is 0 Å². The number of unbranched alkanes of at least 4 members (excludes halogenated alkanes) is 53. The summed E-state index contributed by atoms with van der Waals surface area (Å²) in [6, 6.07) is -3.57. The smallest absolute Gasteiger partial charge is 0.462 e. The molecule has 24 nitrogen and oxygen atoms in total. The highest BCUT2D eigenvalue weighted by atomic mass is 31.2. The molecule has 4 unspecified atom stereocenters. The topological polar surface area (TPSA) is 359 Å². The Morgan fingerprint density at radius 1 is 0.352 bits per heavy atom. The standard InChI is InChI=1S/C100H187N2O22P/c1-7-13-19-25-31-37-39-41-43-49-55-61-67-73-89(108)118-83(71-65-59-53-47-35-29-23-17-11-5)77-87(106)101-93-97(122-91(110)75-81(104)69-63-57-51-45-33-27-21-15-9-3)95(112)85(79-103)120-99(93)117-80-86-96(113)98(123-92(111)76-82(105)70-64-58-52-46-34-28-22-16-10-4)94(100(121-86)124-125(114,115)116)102-88(107)78-84(72-66-60-54-48-36-30-24-18-12-6)119-90(109)74-68-62-56-50-44-42-40-38-32-26-20-14-8-2/h37,39,81-86,93-100,103-105,112-113H,7-36,38,40-80H2,1-6H3,(H,101,106)(H,102,107)(H2,114,115,116)/b39-37-/t81-,82-,83-,84-,85?,86?,93?,94?,95-,96-,97-,98-,99-,100+/m1/s1. The first-order valence-electron chi connectivity index (χ1n) is 51.6. The van der Waals surface area contributed by atoms with Gasteiger partial charge in [-0.05, 0) is 77.0 Å². The molecule has 25 heteroatoms. The number of ether oxygens (including phenoxy) is 7. The van der Waals surface area contributed by atoms with Gasteiger partial charge in [-0.25, -0.2) is 4.57 Å². The van der Waals surface area contributed by atoms with Crippen LogP contribution in [0, 0.1) is 0 Å². The number of esters is 4. The van der Waals surface area contributed by atoms with Gasteiger partial charge in [0, 0.05) is 12.8 Å². The summed E-state index contributed by atoms with van der Waals surface area (Å²) in [7, 11) is -5.65. The van der Waals surface area contributed by atoms with Gasteiger partial charge in [-0.15, -0.1) is 0 Å². The van der Waals surface area contributed by atoms with E-state index in [0.29, 0.717) is 51.4 Å². The van der Waals surface area contributed by atoms with E-state index in [-0.39, 0.29) is 25.7 Å². The second-order valence-electron chi connectivity index (χ2n) is 36.7. The Morgan fingerprint density at radius 3 is 0.944 bits per heavy atom. The molecule has 2 aliphatic heterocycles. The van der Waals surface area contributed by atoms with Crippen molar-refractivity contribution in [2.45, 2.75) is 577 Å². The quantitative estimate of drug-likeness (QED) is 0.00898. The number of nitrogens with one attached hydrogen (secondary N) is 2. The van der Waals surface area contributed by atoms with Crippen molar-refractivity contribution in [1.82, 2.24) is 10.6 Å². The van der Waals surface area contributed by atoms with E-state index in [2.05, 4.69) is 64.3 Å². The van der Waals surface area contributed by atoms with Gasteiger partial charge in [-0.2, -0.15) is 0 Å². The molecule has 14 atom stereocenters. The molecule has 2 amide bonds. The Hall–Kier alpha value is -3.65. The number of carbonyl (C=O) groups is 6. The number of hydrogen-bond donors (Lipinski definition) is 9. The molecular formula is C100H187N2O22P. The average molecular weight is 1800 g/mol. The molecule has 2 heterocycles. The minimum Gasteiger partial charge on any atom is -0.462 e. The molecule has 2 saturated heterocycles. The summed E-state index contributed by atoms with van der Waals surface area (Å²) in [4.78, 5) is 107. The lowest BCUT2D eigenvalue weighted by atomic mass is 9.95. The molecule has 125 heavy (non-hydrogen) atoms. The molecule has 2 aliphatic rings. The lowest BCUT2D eigenvalue weighted by Gasteiger charge is -2.46. The maximum absolute atomic E-state index is 14.9. The fourth-order valence-electron chi connectivity index (χ4n) is 17.1. The second-order valence-corrected chi connectivity index (χ2v) is 37.9. The van der Waals surface area contributed by atoms with Crippen molar-refractivity contribution in [2.75, 3.05) is 13.2 Å². The maximum atomic E-state index is 14.9. The number of hydrogen-bond acceptors (Lipinski definition) is 20. The Bertz CT molecular complexity index is 2670. The summed E-state index contributed by atoms with van der Waals surface area (Å²) >= 11 is 0. The number of carbonyl (C=O) groups excluding carboxylic acids is 6. The summed E-state index contributed by atoms with van der Waals surface area (Å²) in [6.45, 7) is 11.4. The van der Waals surface area contributed by atoms with Gasteiger partial charge in [0.05, 0.1) is 51.1 Å². The molecule has 734 valence electrons. The number of rotatable bonds is 87. The summed E-state index contributed by atoms with van der Waals surface area (Å²) in [5.74, 6) is -4.54. The molecule has 0 saturated carbocycles. The fraction of sp³-hybridized carbons (Fsp3) is 0.920. The van der Waals surface area contributed by atoms with E-state index >= 15 is 0 Å². The number of allylic oxidation sites excluding steroid dienone is 2. The van der Waals surface area contributed by atoms with Crippen LogP contribution in [-0.4, -0.2) is 170 Å². The van der Waals surface area contributed by atoms with Crippen molar-refractivity contribution in [3.63, 3.8) is 0 Å². The van der Waals surface area contributed by atoms with E-state index in [1.54, 1.807) is 0 Å². The Kier molecular flexibility index (Phi) is 75.2. The van der Waals surface area contributed by atoms with E-state index in [1.807, 2.05) is 0 Å². The largest absolute Gasteiger partial charge is 0.472 e. The summed E-state index contributed by atoms with van der Waals surface area (Å²) in [6.07, 6.45) is 47.5. The van der Waals surface area contributed by atoms with Crippen molar-refractivity contribution < 1.29 is 106 Å². The first kappa shape index (κ1) is 117. The normalized spacial score (nSPS) is 20.2. The number of phosphoric acid groups is 1. The van der Waals surface area contributed by atoms with E-state index in [0.717, 1.165) is 218 Å². The van der Waals surface area contributed by atoms with Gasteiger partial charge < -0.3 is 79.1 Å². The summed E-state index contributed by atoms with van der Waals surface area (Å²) in [5, 5.41) is 63.8. The zero-order chi connectivity index (χ0) is 91.4. The van der Waals surface area contributed by atoms with Crippen LogP contribution in [0.5, 0.6) is 0 Å². The zero-order valence-corrected chi connectivity index (χ0v) is 80.7. The van der Waals surface area contributed by atoms with Gasteiger partial charge >= 0.3 is 31.7 Å². The van der Waals surface area contributed by atoms with E-state index < -0.39 is 168 Å². The maximum Gasteiger partial charge on any atom is 0.472 e.